The van der Waals surface area contributed by atoms with Gasteiger partial charge < -0.3 is 10.0 Å². The Morgan fingerprint density at radius 3 is 2.84 bits per heavy atom. The minimum absolute atomic E-state index is 0.408. The van der Waals surface area contributed by atoms with E-state index in [4.69, 9.17) is 5.11 Å². The van der Waals surface area contributed by atoms with E-state index in [1.54, 1.807) is 11.3 Å². The Morgan fingerprint density at radius 2 is 2.16 bits per heavy atom. The molecule has 1 saturated heterocycles. The number of nitrogens with zero attached hydrogens (tertiary/aromatic N) is 3. The Hall–Kier alpha value is -1.18. The van der Waals surface area contributed by atoms with Gasteiger partial charge in [-0.3, -0.25) is 10.2 Å². The molecular weight excluding hydrogens is 264 g/mol. The van der Waals surface area contributed by atoms with Crippen LogP contribution < -0.4 is 5.43 Å². The van der Waals surface area contributed by atoms with E-state index < -0.39 is 11.9 Å². The van der Waals surface area contributed by atoms with Gasteiger partial charge in [0, 0.05) is 31.1 Å². The van der Waals surface area contributed by atoms with Crippen LogP contribution in [0.2, 0.25) is 0 Å². The van der Waals surface area contributed by atoms with Gasteiger partial charge in [0.2, 0.25) is 0 Å². The van der Waals surface area contributed by atoms with E-state index in [9.17, 15) is 4.79 Å². The van der Waals surface area contributed by atoms with Crippen LogP contribution in [-0.2, 0) is 11.2 Å². The van der Waals surface area contributed by atoms with Crippen LogP contribution in [0.3, 0.4) is 0 Å². The van der Waals surface area contributed by atoms with Gasteiger partial charge in [-0.05, 0) is 19.9 Å². The first-order chi connectivity index (χ1) is 9.13. The minimum Gasteiger partial charge on any atom is -0.481 e. The lowest BCUT2D eigenvalue weighted by molar-refractivity contribution is -0.138. The standard InChI is InChI=1S/C12H18N4O2S/c1-15-4-6-16(7-5-15)14-12-13-10-8(11(17)18)2-3-9(10)19-12/h8H,2-7H2,1H3,(H,13,14)(H,17,18). The lowest BCUT2D eigenvalue weighted by Gasteiger charge is -2.32. The maximum absolute atomic E-state index is 11.1. The number of anilines is 1. The van der Waals surface area contributed by atoms with Crippen LogP contribution in [0.15, 0.2) is 0 Å². The molecule has 1 atom stereocenters. The van der Waals surface area contributed by atoms with Gasteiger partial charge >= 0.3 is 5.97 Å². The average Bonchev–Trinajstić information content (AvgIpc) is 2.91. The number of carbonyl (C=O) groups is 1. The SMILES string of the molecule is CN1CCN(Nc2nc3c(s2)CCC3C(=O)O)CC1. The molecule has 7 heteroatoms. The van der Waals surface area contributed by atoms with Crippen LogP contribution in [-0.4, -0.2) is 59.2 Å². The first-order valence-electron chi connectivity index (χ1n) is 6.56. The van der Waals surface area contributed by atoms with Gasteiger partial charge in [0.1, 0.15) is 5.92 Å². The number of hydrogen-bond donors (Lipinski definition) is 2. The number of aliphatic carboxylic acids is 1. The second kappa shape index (κ2) is 5.07. The number of piperazine rings is 1. The quantitative estimate of drug-likeness (QED) is 0.856. The van der Waals surface area contributed by atoms with Crippen molar-refractivity contribution < 1.29 is 9.90 Å². The van der Waals surface area contributed by atoms with Gasteiger partial charge in [-0.15, -0.1) is 11.3 Å². The van der Waals surface area contributed by atoms with Crippen LogP contribution in [0, 0.1) is 0 Å². The second-order valence-corrected chi connectivity index (χ2v) is 6.24. The summed E-state index contributed by atoms with van der Waals surface area (Å²) in [4.78, 5) is 19.0. The molecule has 0 spiro atoms. The maximum Gasteiger partial charge on any atom is 0.312 e. The molecule has 1 fully saturated rings. The topological polar surface area (TPSA) is 68.7 Å². The summed E-state index contributed by atoms with van der Waals surface area (Å²) in [7, 11) is 2.12. The first kappa shape index (κ1) is 12.8. The fourth-order valence-corrected chi connectivity index (χ4v) is 3.63. The Balaban J connectivity index is 1.67. The smallest absolute Gasteiger partial charge is 0.312 e. The van der Waals surface area contributed by atoms with Crippen LogP contribution in [0.25, 0.3) is 0 Å². The van der Waals surface area contributed by atoms with Crippen molar-refractivity contribution in [1.29, 1.82) is 0 Å². The monoisotopic (exact) mass is 282 g/mol. The molecule has 1 aliphatic carbocycles. The fourth-order valence-electron chi connectivity index (χ4n) is 2.57. The van der Waals surface area contributed by atoms with E-state index in [1.165, 1.54) is 0 Å². The molecule has 0 saturated carbocycles. The fraction of sp³-hybridized carbons (Fsp3) is 0.667. The number of carboxylic acids is 1. The highest BCUT2D eigenvalue weighted by atomic mass is 32.1. The Bertz CT molecular complexity index is 482. The molecule has 1 aromatic heterocycles. The highest BCUT2D eigenvalue weighted by Crippen LogP contribution is 2.38. The van der Waals surface area contributed by atoms with Crippen molar-refractivity contribution in [1.82, 2.24) is 14.9 Å². The number of thiazole rings is 1. The molecule has 19 heavy (non-hydrogen) atoms. The van der Waals surface area contributed by atoms with Crippen LogP contribution >= 0.6 is 11.3 Å². The predicted octanol–water partition coefficient (Wildman–Crippen LogP) is 0.832. The summed E-state index contributed by atoms with van der Waals surface area (Å²) < 4.78 is 0. The summed E-state index contributed by atoms with van der Waals surface area (Å²) in [5, 5.41) is 12.1. The van der Waals surface area contributed by atoms with Crippen molar-refractivity contribution >= 4 is 22.4 Å². The zero-order chi connectivity index (χ0) is 13.4. The van der Waals surface area contributed by atoms with Crippen LogP contribution in [0.4, 0.5) is 5.13 Å². The van der Waals surface area contributed by atoms with Crippen molar-refractivity contribution in [2.24, 2.45) is 0 Å². The number of fused-ring (bicyclic) bond motifs is 1. The van der Waals surface area contributed by atoms with E-state index >= 15 is 0 Å². The number of aryl methyl sites for hydroxylation is 1. The normalized spacial score (nSPS) is 24.4. The second-order valence-electron chi connectivity index (χ2n) is 5.16. The lowest BCUT2D eigenvalue weighted by atomic mass is 10.1. The molecule has 1 aromatic rings. The van der Waals surface area contributed by atoms with Crippen LogP contribution in [0.1, 0.15) is 22.9 Å². The molecule has 0 amide bonds. The maximum atomic E-state index is 11.1. The number of likely N-dealkylation sites (N-methyl/N-ethyl adjacent to an activating group) is 1. The third kappa shape index (κ3) is 2.58. The largest absolute Gasteiger partial charge is 0.481 e. The van der Waals surface area contributed by atoms with Crippen molar-refractivity contribution in [2.75, 3.05) is 38.7 Å². The number of aromatic nitrogens is 1. The minimum atomic E-state index is -0.754. The van der Waals surface area contributed by atoms with Crippen molar-refractivity contribution in [3.05, 3.63) is 10.6 Å². The molecule has 0 bridgehead atoms. The zero-order valence-corrected chi connectivity index (χ0v) is 11.7. The number of hydrazine groups is 1. The predicted molar refractivity (Wildman–Crippen MR) is 73.5 cm³/mol. The Kier molecular flexibility index (Phi) is 3.42. The highest BCUT2D eigenvalue weighted by molar-refractivity contribution is 7.15. The molecule has 1 unspecified atom stereocenters. The summed E-state index contributed by atoms with van der Waals surface area (Å²) in [6.45, 7) is 4.00. The van der Waals surface area contributed by atoms with Crippen molar-refractivity contribution in [3.8, 4) is 0 Å². The molecule has 1 aliphatic heterocycles. The number of nitrogens with one attached hydrogen (secondary N) is 1. The third-order valence-electron chi connectivity index (χ3n) is 3.77. The molecule has 2 aliphatic rings. The van der Waals surface area contributed by atoms with Gasteiger partial charge in [0.15, 0.2) is 5.13 Å². The highest BCUT2D eigenvalue weighted by Gasteiger charge is 2.32. The average molecular weight is 282 g/mol. The zero-order valence-electron chi connectivity index (χ0n) is 10.9. The van der Waals surface area contributed by atoms with Gasteiger partial charge in [-0.2, -0.15) is 0 Å². The van der Waals surface area contributed by atoms with Gasteiger partial charge in [-0.1, -0.05) is 0 Å². The molecule has 104 valence electrons. The Morgan fingerprint density at radius 1 is 1.42 bits per heavy atom. The molecule has 2 heterocycles. The van der Waals surface area contributed by atoms with E-state index in [-0.39, 0.29) is 0 Å². The van der Waals surface area contributed by atoms with E-state index in [0.29, 0.717) is 6.42 Å². The molecule has 6 nitrogen and oxygen atoms in total. The molecule has 0 radical (unpaired) electrons. The summed E-state index contributed by atoms with van der Waals surface area (Å²) in [5.41, 5.74) is 4.08. The summed E-state index contributed by atoms with van der Waals surface area (Å²) in [6.07, 6.45) is 1.53. The van der Waals surface area contributed by atoms with Gasteiger partial charge in [-0.25, -0.2) is 9.99 Å². The number of carboxylic acid groups (broad SMARTS) is 1. The van der Waals surface area contributed by atoms with E-state index in [1.807, 2.05) is 0 Å². The molecule has 0 aromatic carbocycles. The third-order valence-corrected chi connectivity index (χ3v) is 4.81. The van der Waals surface area contributed by atoms with Gasteiger partial charge in [0.25, 0.3) is 0 Å². The Labute approximate surface area is 116 Å². The summed E-state index contributed by atoms with van der Waals surface area (Å²) in [6, 6.07) is 0. The molecular formula is C12H18N4O2S. The number of rotatable bonds is 3. The van der Waals surface area contributed by atoms with Crippen molar-refractivity contribution in [2.45, 2.75) is 18.8 Å². The van der Waals surface area contributed by atoms with Crippen LogP contribution in [0.5, 0.6) is 0 Å². The lowest BCUT2D eigenvalue weighted by Crippen LogP contribution is -2.46. The van der Waals surface area contributed by atoms with Gasteiger partial charge in [0.05, 0.1) is 5.69 Å². The molecule has 2 N–H and O–H groups in total. The first-order valence-corrected chi connectivity index (χ1v) is 7.37. The summed E-state index contributed by atoms with van der Waals surface area (Å²) in [5.74, 6) is -1.16. The number of hydrogen-bond acceptors (Lipinski definition) is 6. The summed E-state index contributed by atoms with van der Waals surface area (Å²) >= 11 is 1.60. The van der Waals surface area contributed by atoms with Crippen molar-refractivity contribution in [3.63, 3.8) is 0 Å². The molecule has 3 rings (SSSR count). The van der Waals surface area contributed by atoms with E-state index in [0.717, 1.165) is 48.3 Å². The van der Waals surface area contributed by atoms with E-state index in [2.05, 4.69) is 27.4 Å².